The fraction of sp³-hybridized carbons (Fsp3) is 0.118. The maximum Gasteiger partial charge on any atom is 0.253 e. The van der Waals surface area contributed by atoms with Gasteiger partial charge in [0.15, 0.2) is 0 Å². The minimum atomic E-state index is -0.196. The first-order valence-electron chi connectivity index (χ1n) is 6.76. The van der Waals surface area contributed by atoms with Gasteiger partial charge in [-0.2, -0.15) is 0 Å². The van der Waals surface area contributed by atoms with Crippen LogP contribution in [0.1, 0.15) is 20.8 Å². The molecule has 1 amide bonds. The molecule has 3 aromatic rings. The number of hydrogen-bond donors (Lipinski definition) is 1. The van der Waals surface area contributed by atoms with Gasteiger partial charge in [-0.3, -0.25) is 4.79 Å². The van der Waals surface area contributed by atoms with Crippen LogP contribution in [-0.4, -0.2) is 5.91 Å². The van der Waals surface area contributed by atoms with Crippen molar-refractivity contribution >= 4 is 50.5 Å². The minimum absolute atomic E-state index is 0.196. The van der Waals surface area contributed by atoms with Crippen LogP contribution in [0.25, 0.3) is 10.1 Å². The number of aryl methyl sites for hydroxylation is 1. The smallest absolute Gasteiger partial charge is 0.253 e. The van der Waals surface area contributed by atoms with Gasteiger partial charge in [-0.05, 0) is 42.1 Å². The van der Waals surface area contributed by atoms with Crippen LogP contribution in [0.3, 0.4) is 0 Å². The summed E-state index contributed by atoms with van der Waals surface area (Å²) in [5.41, 5.74) is 1.65. The van der Waals surface area contributed by atoms with Gasteiger partial charge >= 0.3 is 0 Å². The number of hydrogen-bond acceptors (Lipinski definition) is 2. The molecule has 22 heavy (non-hydrogen) atoms. The van der Waals surface area contributed by atoms with E-state index in [0.29, 0.717) is 22.2 Å². The summed E-state index contributed by atoms with van der Waals surface area (Å²) in [5, 5.41) is 5.03. The highest BCUT2D eigenvalue weighted by molar-refractivity contribution is 7.19. The lowest BCUT2D eigenvalue weighted by Crippen LogP contribution is -2.22. The van der Waals surface area contributed by atoms with Gasteiger partial charge in [-0.25, -0.2) is 0 Å². The fourth-order valence-electron chi connectivity index (χ4n) is 2.32. The summed E-state index contributed by atoms with van der Waals surface area (Å²) < 4.78 is 1.23. The molecule has 0 spiro atoms. The molecule has 0 unspecified atom stereocenters. The quantitative estimate of drug-likeness (QED) is 0.669. The van der Waals surface area contributed by atoms with Crippen LogP contribution in [0.2, 0.25) is 10.0 Å². The molecule has 0 saturated carbocycles. The molecule has 0 aliphatic rings. The largest absolute Gasteiger partial charge is 0.347 e. The van der Waals surface area contributed by atoms with E-state index in [1.807, 2.05) is 12.1 Å². The van der Waals surface area contributed by atoms with Crippen molar-refractivity contribution in [3.8, 4) is 0 Å². The predicted octanol–water partition coefficient (Wildman–Crippen LogP) is 5.45. The summed E-state index contributed by atoms with van der Waals surface area (Å²) in [6.45, 7) is 2.57. The van der Waals surface area contributed by atoms with E-state index >= 15 is 0 Å². The van der Waals surface area contributed by atoms with Crippen molar-refractivity contribution in [1.29, 1.82) is 0 Å². The number of halogens is 2. The Labute approximate surface area is 142 Å². The number of nitrogens with one attached hydrogen (secondary N) is 1. The van der Waals surface area contributed by atoms with Crippen LogP contribution in [-0.2, 0) is 6.54 Å². The van der Waals surface area contributed by atoms with Gasteiger partial charge in [0.05, 0.1) is 17.1 Å². The van der Waals surface area contributed by atoms with Gasteiger partial charge in [0.25, 0.3) is 5.91 Å². The van der Waals surface area contributed by atoms with Gasteiger partial charge in [0, 0.05) is 14.6 Å². The summed E-state index contributed by atoms with van der Waals surface area (Å²) >= 11 is 13.6. The van der Waals surface area contributed by atoms with E-state index in [-0.39, 0.29) is 5.91 Å². The van der Waals surface area contributed by atoms with Crippen LogP contribution < -0.4 is 5.32 Å². The SMILES string of the molecule is Cc1c(CNC(=O)c2ccc(Cl)cc2Cl)sc2ccccc12. The van der Waals surface area contributed by atoms with E-state index in [0.717, 1.165) is 4.88 Å². The van der Waals surface area contributed by atoms with Crippen molar-refractivity contribution in [1.82, 2.24) is 5.32 Å². The maximum absolute atomic E-state index is 12.2. The van der Waals surface area contributed by atoms with Crippen molar-refractivity contribution in [2.24, 2.45) is 0 Å². The number of carbonyl (C=O) groups excluding carboxylic acids is 1. The second kappa shape index (κ2) is 6.29. The van der Waals surface area contributed by atoms with Crippen molar-refractivity contribution in [2.75, 3.05) is 0 Å². The van der Waals surface area contributed by atoms with Gasteiger partial charge < -0.3 is 5.32 Å². The van der Waals surface area contributed by atoms with E-state index in [9.17, 15) is 4.79 Å². The molecule has 0 radical (unpaired) electrons. The van der Waals surface area contributed by atoms with E-state index < -0.39 is 0 Å². The van der Waals surface area contributed by atoms with Crippen LogP contribution in [0.4, 0.5) is 0 Å². The zero-order valence-electron chi connectivity index (χ0n) is 11.8. The molecule has 0 aliphatic carbocycles. The van der Waals surface area contributed by atoms with E-state index in [2.05, 4.69) is 24.4 Å². The monoisotopic (exact) mass is 349 g/mol. The lowest BCUT2D eigenvalue weighted by atomic mass is 10.1. The Hall–Kier alpha value is -1.55. The van der Waals surface area contributed by atoms with Crippen molar-refractivity contribution in [3.05, 3.63) is 68.5 Å². The van der Waals surface area contributed by atoms with Crippen molar-refractivity contribution < 1.29 is 4.79 Å². The molecule has 1 aromatic heterocycles. The highest BCUT2D eigenvalue weighted by Gasteiger charge is 2.13. The summed E-state index contributed by atoms with van der Waals surface area (Å²) in [6, 6.07) is 13.1. The highest BCUT2D eigenvalue weighted by atomic mass is 35.5. The molecular formula is C17H13Cl2NOS. The van der Waals surface area contributed by atoms with Gasteiger partial charge in [0.2, 0.25) is 0 Å². The first-order valence-corrected chi connectivity index (χ1v) is 8.34. The second-order valence-electron chi connectivity index (χ2n) is 4.95. The Morgan fingerprint density at radius 2 is 1.95 bits per heavy atom. The predicted molar refractivity (Wildman–Crippen MR) is 94.2 cm³/mol. The standard InChI is InChI=1S/C17H13Cl2NOS/c1-10-12-4-2-3-5-15(12)22-16(10)9-20-17(21)13-7-6-11(18)8-14(13)19/h2-8H,9H2,1H3,(H,20,21). The third-order valence-corrected chi connectivity index (χ3v) is 5.35. The molecule has 0 saturated heterocycles. The average molecular weight is 350 g/mol. The molecule has 112 valence electrons. The molecule has 3 rings (SSSR count). The zero-order valence-corrected chi connectivity index (χ0v) is 14.1. The van der Waals surface area contributed by atoms with E-state index in [1.54, 1.807) is 29.5 Å². The molecule has 0 bridgehead atoms. The van der Waals surface area contributed by atoms with Crippen LogP contribution in [0.15, 0.2) is 42.5 Å². The number of thiophene rings is 1. The molecular weight excluding hydrogens is 337 g/mol. The van der Waals surface area contributed by atoms with Crippen LogP contribution in [0.5, 0.6) is 0 Å². The number of benzene rings is 2. The fourth-order valence-corrected chi connectivity index (χ4v) is 3.97. The van der Waals surface area contributed by atoms with Crippen molar-refractivity contribution in [3.63, 3.8) is 0 Å². The van der Waals surface area contributed by atoms with E-state index in [1.165, 1.54) is 15.6 Å². The molecule has 2 aromatic carbocycles. The molecule has 0 fully saturated rings. The first-order chi connectivity index (χ1) is 10.6. The minimum Gasteiger partial charge on any atom is -0.347 e. The topological polar surface area (TPSA) is 29.1 Å². The number of rotatable bonds is 3. The Bertz CT molecular complexity index is 857. The molecule has 5 heteroatoms. The molecule has 1 heterocycles. The summed E-state index contributed by atoms with van der Waals surface area (Å²) in [5.74, 6) is -0.196. The number of fused-ring (bicyclic) bond motifs is 1. The van der Waals surface area contributed by atoms with Gasteiger partial charge in [-0.1, -0.05) is 41.4 Å². The Kier molecular flexibility index (Phi) is 4.39. The first kappa shape index (κ1) is 15.3. The maximum atomic E-state index is 12.2. The van der Waals surface area contributed by atoms with Crippen LogP contribution in [0, 0.1) is 6.92 Å². The van der Waals surface area contributed by atoms with Gasteiger partial charge in [-0.15, -0.1) is 11.3 Å². The Morgan fingerprint density at radius 1 is 1.18 bits per heavy atom. The normalized spacial score (nSPS) is 10.9. The lowest BCUT2D eigenvalue weighted by Gasteiger charge is -2.06. The molecule has 1 N–H and O–H groups in total. The molecule has 2 nitrogen and oxygen atoms in total. The molecule has 0 atom stereocenters. The van der Waals surface area contributed by atoms with Crippen LogP contribution >= 0.6 is 34.5 Å². The number of carbonyl (C=O) groups is 1. The summed E-state index contributed by atoms with van der Waals surface area (Å²) in [6.07, 6.45) is 0. The highest BCUT2D eigenvalue weighted by Crippen LogP contribution is 2.30. The number of amides is 1. The Morgan fingerprint density at radius 3 is 2.68 bits per heavy atom. The van der Waals surface area contributed by atoms with Crippen molar-refractivity contribution in [2.45, 2.75) is 13.5 Å². The van der Waals surface area contributed by atoms with Gasteiger partial charge in [0.1, 0.15) is 0 Å². The summed E-state index contributed by atoms with van der Waals surface area (Å²) in [7, 11) is 0. The lowest BCUT2D eigenvalue weighted by molar-refractivity contribution is 0.0951. The average Bonchev–Trinajstić information content (AvgIpc) is 2.82. The molecule has 0 aliphatic heterocycles. The third-order valence-electron chi connectivity index (χ3n) is 3.53. The summed E-state index contributed by atoms with van der Waals surface area (Å²) in [4.78, 5) is 13.4. The zero-order chi connectivity index (χ0) is 15.7. The second-order valence-corrected chi connectivity index (χ2v) is 6.93. The third kappa shape index (κ3) is 2.98. The Balaban J connectivity index is 1.79. The van der Waals surface area contributed by atoms with E-state index in [4.69, 9.17) is 23.2 Å².